The van der Waals surface area contributed by atoms with Crippen LogP contribution in [0, 0.1) is 0 Å². The fourth-order valence-electron chi connectivity index (χ4n) is 1.79. The summed E-state index contributed by atoms with van der Waals surface area (Å²) >= 11 is 1.01. The van der Waals surface area contributed by atoms with Crippen LogP contribution in [0.4, 0.5) is 4.79 Å². The molecule has 3 nitrogen and oxygen atoms in total. The number of carbonyl (C=O) groups is 2. The van der Waals surface area contributed by atoms with Crippen LogP contribution in [-0.4, -0.2) is 11.1 Å². The van der Waals surface area contributed by atoms with Crippen molar-refractivity contribution in [3.8, 4) is 0 Å². The first-order chi connectivity index (χ1) is 8.24. The quantitative estimate of drug-likeness (QED) is 0.527. The van der Waals surface area contributed by atoms with Crippen molar-refractivity contribution in [1.82, 2.24) is 5.32 Å². The molecule has 0 bridgehead atoms. The molecule has 1 heterocycles. The molecule has 0 radical (unpaired) electrons. The lowest BCUT2D eigenvalue weighted by Gasteiger charge is -1.99. The van der Waals surface area contributed by atoms with Crippen LogP contribution >= 0.6 is 11.8 Å². The van der Waals surface area contributed by atoms with Crippen LogP contribution in [0.25, 0.3) is 0 Å². The normalized spacial score (nSPS) is 17.8. The molecule has 1 rings (SSSR count). The Hall–Kier alpha value is -0.770. The van der Waals surface area contributed by atoms with E-state index in [2.05, 4.69) is 12.2 Å². The highest BCUT2D eigenvalue weighted by atomic mass is 32.2. The van der Waals surface area contributed by atoms with Gasteiger partial charge < -0.3 is 0 Å². The molecule has 17 heavy (non-hydrogen) atoms. The Morgan fingerprint density at radius 1 is 1.06 bits per heavy atom. The first-order valence-corrected chi connectivity index (χ1v) is 7.29. The molecule has 0 aromatic carbocycles. The van der Waals surface area contributed by atoms with E-state index in [4.69, 9.17) is 0 Å². The highest BCUT2D eigenvalue weighted by molar-refractivity contribution is 8.18. The summed E-state index contributed by atoms with van der Waals surface area (Å²) < 4.78 is 0. The average Bonchev–Trinajstić information content (AvgIpc) is 2.61. The number of nitrogens with one attached hydrogen (secondary N) is 1. The van der Waals surface area contributed by atoms with Gasteiger partial charge in [-0.05, 0) is 24.6 Å². The molecule has 4 heteroatoms. The van der Waals surface area contributed by atoms with E-state index in [0.29, 0.717) is 4.91 Å². The van der Waals surface area contributed by atoms with Gasteiger partial charge in [-0.1, -0.05) is 51.5 Å². The van der Waals surface area contributed by atoms with Crippen LogP contribution in [0.1, 0.15) is 58.3 Å². The van der Waals surface area contributed by atoms with Gasteiger partial charge in [-0.3, -0.25) is 14.9 Å². The van der Waals surface area contributed by atoms with Crippen molar-refractivity contribution in [3.63, 3.8) is 0 Å². The maximum absolute atomic E-state index is 11.2. The van der Waals surface area contributed by atoms with Gasteiger partial charge >= 0.3 is 0 Å². The van der Waals surface area contributed by atoms with E-state index in [-0.39, 0.29) is 11.1 Å². The van der Waals surface area contributed by atoms with Crippen LogP contribution in [0.3, 0.4) is 0 Å². The Balaban J connectivity index is 2.02. The Morgan fingerprint density at radius 3 is 2.29 bits per heavy atom. The minimum Gasteiger partial charge on any atom is -0.282 e. The number of allylic oxidation sites excluding steroid dienone is 1. The summed E-state index contributed by atoms with van der Waals surface area (Å²) in [5.74, 6) is -0.233. The van der Waals surface area contributed by atoms with Crippen LogP contribution < -0.4 is 5.32 Å². The molecule has 1 saturated heterocycles. The van der Waals surface area contributed by atoms with Crippen molar-refractivity contribution in [3.05, 3.63) is 11.0 Å². The maximum atomic E-state index is 11.2. The Kier molecular flexibility index (Phi) is 7.01. The minimum atomic E-state index is -0.249. The number of carbonyl (C=O) groups excluding carboxylic acids is 2. The molecule has 0 aromatic heterocycles. The molecular weight excluding hydrogens is 234 g/mol. The number of imide groups is 1. The third-order valence-electron chi connectivity index (χ3n) is 2.78. The second-order valence-electron chi connectivity index (χ2n) is 4.32. The van der Waals surface area contributed by atoms with Gasteiger partial charge in [0.1, 0.15) is 0 Å². The molecule has 1 aliphatic rings. The minimum absolute atomic E-state index is 0.233. The Labute approximate surface area is 107 Å². The van der Waals surface area contributed by atoms with Crippen LogP contribution in [0.15, 0.2) is 11.0 Å². The van der Waals surface area contributed by atoms with Gasteiger partial charge in [0.05, 0.1) is 4.91 Å². The van der Waals surface area contributed by atoms with E-state index < -0.39 is 0 Å². The van der Waals surface area contributed by atoms with Crippen molar-refractivity contribution in [2.45, 2.75) is 58.3 Å². The van der Waals surface area contributed by atoms with Crippen molar-refractivity contribution in [2.75, 3.05) is 0 Å². The lowest BCUT2D eigenvalue weighted by Crippen LogP contribution is -2.17. The monoisotopic (exact) mass is 255 g/mol. The van der Waals surface area contributed by atoms with E-state index in [1.165, 1.54) is 38.5 Å². The number of amides is 2. The summed E-state index contributed by atoms with van der Waals surface area (Å²) in [6, 6.07) is 0. The lowest BCUT2D eigenvalue weighted by atomic mass is 10.1. The molecule has 0 saturated carbocycles. The van der Waals surface area contributed by atoms with Gasteiger partial charge in [-0.2, -0.15) is 0 Å². The molecular formula is C13H21NO2S. The van der Waals surface area contributed by atoms with Crippen molar-refractivity contribution in [1.29, 1.82) is 0 Å². The predicted octanol–water partition coefficient (Wildman–Crippen LogP) is 3.99. The smallest absolute Gasteiger partial charge is 0.282 e. The number of rotatable bonds is 8. The zero-order chi connectivity index (χ0) is 12.5. The molecule has 0 unspecified atom stereocenters. The van der Waals surface area contributed by atoms with Gasteiger partial charge in [0.15, 0.2) is 0 Å². The second kappa shape index (κ2) is 8.34. The van der Waals surface area contributed by atoms with E-state index in [1.807, 2.05) is 6.08 Å². The second-order valence-corrected chi connectivity index (χ2v) is 5.34. The van der Waals surface area contributed by atoms with E-state index >= 15 is 0 Å². The molecule has 2 amide bonds. The van der Waals surface area contributed by atoms with Gasteiger partial charge in [-0.25, -0.2) is 0 Å². The number of hydrogen-bond donors (Lipinski definition) is 1. The zero-order valence-corrected chi connectivity index (χ0v) is 11.3. The first kappa shape index (κ1) is 14.3. The molecule has 0 aliphatic carbocycles. The van der Waals surface area contributed by atoms with Gasteiger partial charge in [0.2, 0.25) is 0 Å². The Bertz CT molecular complexity index is 300. The largest absolute Gasteiger partial charge is 0.290 e. The fraction of sp³-hybridized carbons (Fsp3) is 0.692. The summed E-state index contributed by atoms with van der Waals surface area (Å²) in [4.78, 5) is 22.7. The zero-order valence-electron chi connectivity index (χ0n) is 10.5. The van der Waals surface area contributed by atoms with Gasteiger partial charge in [0.25, 0.3) is 11.1 Å². The summed E-state index contributed by atoms with van der Waals surface area (Å²) in [7, 11) is 0. The van der Waals surface area contributed by atoms with Crippen LogP contribution in [0.5, 0.6) is 0 Å². The summed E-state index contributed by atoms with van der Waals surface area (Å²) in [5.41, 5.74) is 0. The molecule has 96 valence electrons. The lowest BCUT2D eigenvalue weighted by molar-refractivity contribution is -0.115. The van der Waals surface area contributed by atoms with Crippen molar-refractivity contribution < 1.29 is 9.59 Å². The third-order valence-corrected chi connectivity index (χ3v) is 3.64. The first-order valence-electron chi connectivity index (χ1n) is 6.47. The predicted molar refractivity (Wildman–Crippen MR) is 71.8 cm³/mol. The maximum Gasteiger partial charge on any atom is 0.290 e. The summed E-state index contributed by atoms with van der Waals surface area (Å²) in [6.45, 7) is 2.22. The summed E-state index contributed by atoms with van der Waals surface area (Å²) in [5, 5.41) is 2.01. The highest BCUT2D eigenvalue weighted by Gasteiger charge is 2.24. The van der Waals surface area contributed by atoms with Crippen molar-refractivity contribution >= 4 is 22.9 Å². The molecule has 0 spiro atoms. The molecule has 1 aliphatic heterocycles. The van der Waals surface area contributed by atoms with E-state index in [1.54, 1.807) is 0 Å². The number of hydrogen-bond acceptors (Lipinski definition) is 3. The average molecular weight is 255 g/mol. The number of unbranched alkanes of at least 4 members (excludes halogenated alkanes) is 7. The Morgan fingerprint density at radius 2 is 1.71 bits per heavy atom. The molecule has 0 aromatic rings. The van der Waals surface area contributed by atoms with E-state index in [0.717, 1.165) is 24.6 Å². The molecule has 1 fully saturated rings. The number of thioether (sulfide) groups is 1. The fourth-order valence-corrected chi connectivity index (χ4v) is 2.48. The molecule has 1 N–H and O–H groups in total. The van der Waals surface area contributed by atoms with Crippen LogP contribution in [0.2, 0.25) is 0 Å². The highest BCUT2D eigenvalue weighted by Crippen LogP contribution is 2.23. The standard InChI is InChI=1S/C13H21NO2S/c1-2-3-4-5-6-7-8-9-10-11-12(15)14-13(16)17-11/h10H,2-9H2,1H3,(H,14,15,16)/b11-10+. The van der Waals surface area contributed by atoms with E-state index in [9.17, 15) is 9.59 Å². The SMILES string of the molecule is CCCCCCCCC/C=C1/SC(=O)NC1=O. The van der Waals surface area contributed by atoms with Gasteiger partial charge in [0, 0.05) is 0 Å². The van der Waals surface area contributed by atoms with Crippen LogP contribution in [-0.2, 0) is 4.79 Å². The van der Waals surface area contributed by atoms with Crippen molar-refractivity contribution in [2.24, 2.45) is 0 Å². The summed E-state index contributed by atoms with van der Waals surface area (Å²) in [6.07, 6.45) is 11.7. The van der Waals surface area contributed by atoms with Gasteiger partial charge in [-0.15, -0.1) is 0 Å². The molecule has 0 atom stereocenters. The third kappa shape index (κ3) is 5.91. The topological polar surface area (TPSA) is 46.2 Å².